The van der Waals surface area contributed by atoms with Crippen molar-refractivity contribution in [3.05, 3.63) is 29.6 Å². The molecule has 0 spiro atoms. The van der Waals surface area contributed by atoms with Gasteiger partial charge in [-0.25, -0.2) is 4.39 Å². The Morgan fingerprint density at radius 2 is 1.73 bits per heavy atom. The molecule has 0 saturated carbocycles. The summed E-state index contributed by atoms with van der Waals surface area (Å²) in [5.41, 5.74) is -3.99. The molecule has 0 aliphatic rings. The fourth-order valence-electron chi connectivity index (χ4n) is 2.51. The Kier molecular flexibility index (Phi) is 5.46. The van der Waals surface area contributed by atoms with Crippen LogP contribution in [0, 0.1) is 5.82 Å². The number of rotatable bonds is 6. The van der Waals surface area contributed by atoms with Gasteiger partial charge >= 0.3 is 6.18 Å². The monoisotopic (exact) mass is 324 g/mol. The van der Waals surface area contributed by atoms with Gasteiger partial charge in [0.05, 0.1) is 13.7 Å². The fourth-order valence-corrected chi connectivity index (χ4v) is 2.51. The molecule has 0 heterocycles. The van der Waals surface area contributed by atoms with Crippen LogP contribution >= 0.6 is 0 Å². The Morgan fingerprint density at radius 3 is 2.18 bits per heavy atom. The minimum atomic E-state index is -4.87. The number of ether oxygens (including phenoxy) is 2. The van der Waals surface area contributed by atoms with E-state index in [0.717, 1.165) is 19.2 Å². The van der Waals surface area contributed by atoms with Crippen LogP contribution < -0.4 is 4.74 Å². The molecule has 0 saturated heterocycles. The predicted molar refractivity (Wildman–Crippen MR) is 73.5 cm³/mol. The van der Waals surface area contributed by atoms with Crippen molar-refractivity contribution in [3.8, 4) is 5.75 Å². The molecule has 7 heteroatoms. The van der Waals surface area contributed by atoms with E-state index in [4.69, 9.17) is 4.74 Å². The highest BCUT2D eigenvalue weighted by Crippen LogP contribution is 2.43. The van der Waals surface area contributed by atoms with Crippen LogP contribution in [0.1, 0.15) is 25.8 Å². The number of alkyl halides is 3. The number of methoxy groups -OCH3 is 2. The fraction of sp³-hybridized carbons (Fsp3) is 0.600. The highest BCUT2D eigenvalue weighted by molar-refractivity contribution is 5.39. The number of aliphatic hydroxyl groups is 1. The van der Waals surface area contributed by atoms with Crippen LogP contribution in [0.4, 0.5) is 17.6 Å². The normalized spacial score (nSPS) is 15.5. The summed E-state index contributed by atoms with van der Waals surface area (Å²) < 4.78 is 62.6. The van der Waals surface area contributed by atoms with Crippen LogP contribution in [0.5, 0.6) is 5.75 Å². The average Bonchev–Trinajstić information content (AvgIpc) is 2.37. The topological polar surface area (TPSA) is 38.7 Å². The summed E-state index contributed by atoms with van der Waals surface area (Å²) in [6.07, 6.45) is -5.57. The molecular weight excluding hydrogens is 304 g/mol. The van der Waals surface area contributed by atoms with Crippen molar-refractivity contribution in [3.63, 3.8) is 0 Å². The lowest BCUT2D eigenvalue weighted by Gasteiger charge is -2.37. The second kappa shape index (κ2) is 6.42. The van der Waals surface area contributed by atoms with E-state index in [2.05, 4.69) is 4.74 Å². The molecule has 0 aliphatic heterocycles. The highest BCUT2D eigenvalue weighted by Gasteiger charge is 2.56. The molecule has 0 fully saturated rings. The van der Waals surface area contributed by atoms with Gasteiger partial charge in [-0.2, -0.15) is 13.2 Å². The molecule has 1 aromatic carbocycles. The van der Waals surface area contributed by atoms with E-state index in [1.165, 1.54) is 27.0 Å². The zero-order chi connectivity index (χ0) is 17.2. The smallest absolute Gasteiger partial charge is 0.419 e. The summed E-state index contributed by atoms with van der Waals surface area (Å²) in [6, 6.07) is 3.61. The van der Waals surface area contributed by atoms with Crippen LogP contribution in [0.25, 0.3) is 0 Å². The maximum atomic E-state index is 13.5. The van der Waals surface area contributed by atoms with Crippen molar-refractivity contribution >= 4 is 0 Å². The lowest BCUT2D eigenvalue weighted by Crippen LogP contribution is -2.52. The van der Waals surface area contributed by atoms with E-state index in [0.29, 0.717) is 0 Å². The van der Waals surface area contributed by atoms with Crippen LogP contribution in [0.2, 0.25) is 0 Å². The Hall–Kier alpha value is -1.34. The van der Waals surface area contributed by atoms with Gasteiger partial charge in [-0.15, -0.1) is 0 Å². The molecule has 3 nitrogen and oxygen atoms in total. The number of benzene rings is 1. The average molecular weight is 324 g/mol. The number of hydrogen-bond acceptors (Lipinski definition) is 3. The van der Waals surface area contributed by atoms with Gasteiger partial charge < -0.3 is 14.6 Å². The van der Waals surface area contributed by atoms with Gasteiger partial charge in [-0.3, -0.25) is 0 Å². The van der Waals surface area contributed by atoms with Gasteiger partial charge in [0.2, 0.25) is 0 Å². The van der Waals surface area contributed by atoms with Gasteiger partial charge in [-0.05, 0) is 30.0 Å². The van der Waals surface area contributed by atoms with Gasteiger partial charge in [0.25, 0.3) is 0 Å². The van der Waals surface area contributed by atoms with Crippen molar-refractivity contribution in [1.82, 2.24) is 0 Å². The minimum Gasteiger partial charge on any atom is -0.496 e. The minimum absolute atomic E-state index is 0.244. The highest BCUT2D eigenvalue weighted by atomic mass is 19.4. The Morgan fingerprint density at radius 1 is 1.14 bits per heavy atom. The maximum absolute atomic E-state index is 13.5. The van der Waals surface area contributed by atoms with E-state index in [9.17, 15) is 22.7 Å². The second-order valence-corrected chi connectivity index (χ2v) is 5.87. The van der Waals surface area contributed by atoms with E-state index in [-0.39, 0.29) is 11.3 Å². The Balaban J connectivity index is 3.26. The summed E-state index contributed by atoms with van der Waals surface area (Å²) in [5, 5.41) is 9.99. The van der Waals surface area contributed by atoms with Crippen molar-refractivity contribution in [2.24, 2.45) is 0 Å². The van der Waals surface area contributed by atoms with Gasteiger partial charge in [0.1, 0.15) is 11.6 Å². The molecule has 1 atom stereocenters. The molecule has 1 unspecified atom stereocenters. The van der Waals surface area contributed by atoms with Crippen molar-refractivity contribution in [2.45, 2.75) is 37.5 Å². The van der Waals surface area contributed by atoms with Crippen molar-refractivity contribution in [1.29, 1.82) is 0 Å². The molecule has 0 radical (unpaired) electrons. The van der Waals surface area contributed by atoms with Crippen LogP contribution in [-0.4, -0.2) is 37.7 Å². The third-order valence-corrected chi connectivity index (χ3v) is 3.54. The van der Waals surface area contributed by atoms with Crippen LogP contribution in [0.3, 0.4) is 0 Å². The SMILES string of the molecule is COCC(O)(CC(C)(C)c1cc(F)ccc1OC)C(F)(F)F. The zero-order valence-electron chi connectivity index (χ0n) is 12.9. The summed E-state index contributed by atoms with van der Waals surface area (Å²) in [6.45, 7) is 2.06. The summed E-state index contributed by atoms with van der Waals surface area (Å²) in [5.74, 6) is -0.334. The first kappa shape index (κ1) is 18.7. The van der Waals surface area contributed by atoms with E-state index in [1.807, 2.05) is 0 Å². The summed E-state index contributed by atoms with van der Waals surface area (Å²) in [4.78, 5) is 0. The molecule has 0 bridgehead atoms. The van der Waals surface area contributed by atoms with E-state index < -0.39 is 36.0 Å². The first-order valence-electron chi connectivity index (χ1n) is 6.59. The molecule has 22 heavy (non-hydrogen) atoms. The lowest BCUT2D eigenvalue weighted by molar-refractivity contribution is -0.279. The van der Waals surface area contributed by atoms with Crippen molar-refractivity contribution < 1.29 is 32.1 Å². The molecule has 126 valence electrons. The largest absolute Gasteiger partial charge is 0.496 e. The van der Waals surface area contributed by atoms with Crippen LogP contribution in [-0.2, 0) is 10.2 Å². The molecular formula is C15H20F4O3. The zero-order valence-corrected chi connectivity index (χ0v) is 12.9. The molecule has 0 amide bonds. The molecule has 1 rings (SSSR count). The Labute approximate surface area is 126 Å². The number of hydrogen-bond donors (Lipinski definition) is 1. The molecule has 1 N–H and O–H groups in total. The summed E-state index contributed by atoms with van der Waals surface area (Å²) >= 11 is 0. The van der Waals surface area contributed by atoms with Gasteiger partial charge in [0.15, 0.2) is 5.60 Å². The predicted octanol–water partition coefficient (Wildman–Crippen LogP) is 3.44. The third-order valence-electron chi connectivity index (χ3n) is 3.54. The van der Waals surface area contributed by atoms with Gasteiger partial charge in [0, 0.05) is 12.7 Å². The van der Waals surface area contributed by atoms with Crippen molar-refractivity contribution in [2.75, 3.05) is 20.8 Å². The van der Waals surface area contributed by atoms with Crippen LogP contribution in [0.15, 0.2) is 18.2 Å². The first-order valence-corrected chi connectivity index (χ1v) is 6.59. The van der Waals surface area contributed by atoms with Gasteiger partial charge in [-0.1, -0.05) is 13.8 Å². The second-order valence-electron chi connectivity index (χ2n) is 5.87. The van der Waals surface area contributed by atoms with E-state index in [1.54, 1.807) is 0 Å². The number of halogens is 4. The molecule has 0 aliphatic carbocycles. The molecule has 0 aromatic heterocycles. The molecule has 1 aromatic rings. The van der Waals surface area contributed by atoms with E-state index >= 15 is 0 Å². The third kappa shape index (κ3) is 3.89. The summed E-state index contributed by atoms with van der Waals surface area (Å²) in [7, 11) is 2.42. The maximum Gasteiger partial charge on any atom is 0.419 e. The first-order chi connectivity index (χ1) is 9.97. The quantitative estimate of drug-likeness (QED) is 0.815. The lowest BCUT2D eigenvalue weighted by atomic mass is 9.74. The Bertz CT molecular complexity index is 514. The standard InChI is InChI=1S/C15H20F4O3/c1-13(2,8-14(20,9-21-3)15(17,18)19)11-7-10(16)5-6-12(11)22-4/h5-7,20H,8-9H2,1-4H3.